The van der Waals surface area contributed by atoms with Gasteiger partial charge in [-0.05, 0) is 33.2 Å². The smallest absolute Gasteiger partial charge is 0.166 e. The van der Waals surface area contributed by atoms with E-state index in [1.165, 1.54) is 0 Å². The Morgan fingerprint density at radius 3 is 2.63 bits per heavy atom. The molecule has 5 heteroatoms. The highest BCUT2D eigenvalue weighted by Crippen LogP contribution is 2.36. The van der Waals surface area contributed by atoms with E-state index in [1.807, 2.05) is 19.1 Å². The lowest BCUT2D eigenvalue weighted by molar-refractivity contribution is 0.306. The number of methoxy groups -OCH3 is 1. The van der Waals surface area contributed by atoms with Crippen LogP contribution in [-0.4, -0.2) is 45.8 Å². The fraction of sp³-hybridized carbons (Fsp3) is 0.571. The Balaban J connectivity index is 2.78. The Labute approximate surface area is 124 Å². The van der Waals surface area contributed by atoms with E-state index in [9.17, 15) is 0 Å². The predicted molar refractivity (Wildman–Crippen MR) is 82.1 cm³/mol. The van der Waals surface area contributed by atoms with Crippen LogP contribution in [0.2, 0.25) is 0 Å². The summed E-state index contributed by atoms with van der Waals surface area (Å²) in [4.78, 5) is 2.15. The van der Waals surface area contributed by atoms with Gasteiger partial charge in [-0.1, -0.05) is 15.9 Å². The molecule has 0 aromatic heterocycles. The number of likely N-dealkylation sites (N-methyl/N-ethyl adjacent to an activating group) is 1. The Hall–Kier alpha value is -0.780. The Kier molecular flexibility index (Phi) is 7.20. The first kappa shape index (κ1) is 16.3. The fourth-order valence-electron chi connectivity index (χ4n) is 1.73. The van der Waals surface area contributed by atoms with E-state index in [1.54, 1.807) is 7.11 Å². The van der Waals surface area contributed by atoms with Crippen LogP contribution in [0.4, 0.5) is 0 Å². The van der Waals surface area contributed by atoms with Gasteiger partial charge in [0.15, 0.2) is 11.5 Å². The minimum atomic E-state index is 0.623. The molecular formula is C14H23BrN2O2. The zero-order chi connectivity index (χ0) is 14.3. The third kappa shape index (κ3) is 5.01. The van der Waals surface area contributed by atoms with Crippen molar-refractivity contribution in [2.45, 2.75) is 13.5 Å². The number of hydrogen-bond acceptors (Lipinski definition) is 4. The molecule has 1 aromatic rings. The lowest BCUT2D eigenvalue weighted by atomic mass is 10.2. The van der Waals surface area contributed by atoms with Crippen molar-refractivity contribution in [2.24, 2.45) is 0 Å². The summed E-state index contributed by atoms with van der Waals surface area (Å²) in [5, 5.41) is 3.42. The van der Waals surface area contributed by atoms with Crippen LogP contribution in [-0.2, 0) is 6.54 Å². The molecule has 0 aliphatic rings. The topological polar surface area (TPSA) is 33.7 Å². The molecular weight excluding hydrogens is 308 g/mol. The van der Waals surface area contributed by atoms with Crippen molar-refractivity contribution in [2.75, 3.05) is 40.9 Å². The molecule has 108 valence electrons. The molecule has 0 aliphatic carbocycles. The second kappa shape index (κ2) is 8.40. The first-order valence-electron chi connectivity index (χ1n) is 6.43. The van der Waals surface area contributed by atoms with E-state index in [0.29, 0.717) is 6.61 Å². The van der Waals surface area contributed by atoms with E-state index in [-0.39, 0.29) is 0 Å². The summed E-state index contributed by atoms with van der Waals surface area (Å²) >= 11 is 3.58. The molecule has 0 spiro atoms. The maximum atomic E-state index is 5.71. The maximum Gasteiger partial charge on any atom is 0.166 e. The van der Waals surface area contributed by atoms with Gasteiger partial charge in [0.2, 0.25) is 0 Å². The molecule has 4 nitrogen and oxygen atoms in total. The van der Waals surface area contributed by atoms with E-state index in [2.05, 4.69) is 40.2 Å². The number of nitrogens with zero attached hydrogens (tertiary/aromatic N) is 1. The lowest BCUT2D eigenvalue weighted by Gasteiger charge is -2.17. The van der Waals surface area contributed by atoms with Crippen molar-refractivity contribution >= 4 is 15.9 Å². The van der Waals surface area contributed by atoms with Gasteiger partial charge in [0.05, 0.1) is 13.7 Å². The van der Waals surface area contributed by atoms with Crippen LogP contribution >= 0.6 is 15.9 Å². The maximum absolute atomic E-state index is 5.71. The molecule has 1 rings (SSSR count). The number of hydrogen-bond donors (Lipinski definition) is 1. The zero-order valence-corrected chi connectivity index (χ0v) is 13.7. The molecule has 19 heavy (non-hydrogen) atoms. The monoisotopic (exact) mass is 330 g/mol. The third-order valence-corrected chi connectivity index (χ3v) is 3.46. The van der Waals surface area contributed by atoms with Crippen molar-refractivity contribution in [3.63, 3.8) is 0 Å². The van der Waals surface area contributed by atoms with Gasteiger partial charge in [-0.3, -0.25) is 0 Å². The SMILES string of the molecule is CCOc1c(OC)ccc(Br)c1CNCCN(C)C. The second-order valence-electron chi connectivity index (χ2n) is 4.47. The lowest BCUT2D eigenvalue weighted by Crippen LogP contribution is -2.26. The highest BCUT2D eigenvalue weighted by atomic mass is 79.9. The van der Waals surface area contributed by atoms with Gasteiger partial charge in [-0.25, -0.2) is 0 Å². The van der Waals surface area contributed by atoms with Gasteiger partial charge >= 0.3 is 0 Å². The van der Waals surface area contributed by atoms with E-state index in [4.69, 9.17) is 9.47 Å². The molecule has 1 N–H and O–H groups in total. The number of ether oxygens (including phenoxy) is 2. The van der Waals surface area contributed by atoms with Crippen LogP contribution in [0.3, 0.4) is 0 Å². The second-order valence-corrected chi connectivity index (χ2v) is 5.32. The molecule has 0 heterocycles. The van der Waals surface area contributed by atoms with Crippen molar-refractivity contribution in [3.8, 4) is 11.5 Å². The average Bonchev–Trinajstić information content (AvgIpc) is 2.37. The summed E-state index contributed by atoms with van der Waals surface area (Å²) in [5.41, 5.74) is 1.10. The van der Waals surface area contributed by atoms with E-state index < -0.39 is 0 Å². The molecule has 0 atom stereocenters. The van der Waals surface area contributed by atoms with Crippen molar-refractivity contribution in [1.82, 2.24) is 10.2 Å². The Morgan fingerprint density at radius 1 is 1.32 bits per heavy atom. The van der Waals surface area contributed by atoms with E-state index >= 15 is 0 Å². The number of benzene rings is 1. The fourth-order valence-corrected chi connectivity index (χ4v) is 2.18. The van der Waals surface area contributed by atoms with E-state index in [0.717, 1.165) is 41.2 Å². The predicted octanol–water partition coefficient (Wildman–Crippen LogP) is 2.51. The minimum absolute atomic E-state index is 0.623. The van der Waals surface area contributed by atoms with Gasteiger partial charge in [-0.15, -0.1) is 0 Å². The molecule has 0 aliphatic heterocycles. The molecule has 0 amide bonds. The van der Waals surface area contributed by atoms with Crippen molar-refractivity contribution < 1.29 is 9.47 Å². The van der Waals surface area contributed by atoms with Crippen LogP contribution < -0.4 is 14.8 Å². The molecule has 0 radical (unpaired) electrons. The van der Waals surface area contributed by atoms with Gasteiger partial charge in [0.25, 0.3) is 0 Å². The Bertz CT molecular complexity index is 397. The minimum Gasteiger partial charge on any atom is -0.493 e. The van der Waals surface area contributed by atoms with Crippen molar-refractivity contribution in [3.05, 3.63) is 22.2 Å². The van der Waals surface area contributed by atoms with Crippen LogP contribution in [0.25, 0.3) is 0 Å². The third-order valence-electron chi connectivity index (χ3n) is 2.71. The van der Waals surface area contributed by atoms with Gasteiger partial charge in [0, 0.05) is 29.7 Å². The molecule has 0 saturated heterocycles. The summed E-state index contributed by atoms with van der Waals surface area (Å²) in [6.07, 6.45) is 0. The number of halogens is 1. The normalized spacial score (nSPS) is 10.8. The highest BCUT2D eigenvalue weighted by molar-refractivity contribution is 9.10. The first-order valence-corrected chi connectivity index (χ1v) is 7.23. The van der Waals surface area contributed by atoms with Crippen LogP contribution in [0.5, 0.6) is 11.5 Å². The van der Waals surface area contributed by atoms with Gasteiger partial charge in [-0.2, -0.15) is 0 Å². The molecule has 0 unspecified atom stereocenters. The molecule has 0 bridgehead atoms. The Morgan fingerprint density at radius 2 is 2.05 bits per heavy atom. The molecule has 1 aromatic carbocycles. The summed E-state index contributed by atoms with van der Waals surface area (Å²) in [5.74, 6) is 1.59. The first-order chi connectivity index (χ1) is 9.10. The number of rotatable bonds is 8. The molecule has 0 saturated carbocycles. The quantitative estimate of drug-likeness (QED) is 0.742. The summed E-state index contributed by atoms with van der Waals surface area (Å²) < 4.78 is 12.1. The van der Waals surface area contributed by atoms with Crippen molar-refractivity contribution in [1.29, 1.82) is 0 Å². The van der Waals surface area contributed by atoms with Crippen LogP contribution in [0.1, 0.15) is 12.5 Å². The van der Waals surface area contributed by atoms with Crippen LogP contribution in [0.15, 0.2) is 16.6 Å². The summed E-state index contributed by atoms with van der Waals surface area (Å²) in [7, 11) is 5.79. The number of nitrogens with one attached hydrogen (secondary N) is 1. The largest absolute Gasteiger partial charge is 0.493 e. The summed E-state index contributed by atoms with van der Waals surface area (Å²) in [6, 6.07) is 3.91. The zero-order valence-electron chi connectivity index (χ0n) is 12.1. The van der Waals surface area contributed by atoms with Gasteiger partial charge in [0.1, 0.15) is 0 Å². The standard InChI is InChI=1S/C14H23BrN2O2/c1-5-19-14-11(10-16-8-9-17(2)3)12(15)6-7-13(14)18-4/h6-7,16H,5,8-10H2,1-4H3. The highest BCUT2D eigenvalue weighted by Gasteiger charge is 2.13. The molecule has 0 fully saturated rings. The van der Waals surface area contributed by atoms with Gasteiger partial charge < -0.3 is 19.7 Å². The summed E-state index contributed by atoms with van der Waals surface area (Å²) in [6.45, 7) is 5.29. The van der Waals surface area contributed by atoms with Crippen LogP contribution in [0, 0.1) is 0 Å². The average molecular weight is 331 g/mol.